The van der Waals surface area contributed by atoms with Crippen LogP contribution in [0.4, 0.5) is 4.39 Å². The summed E-state index contributed by atoms with van der Waals surface area (Å²) in [7, 11) is 0. The van der Waals surface area contributed by atoms with Gasteiger partial charge in [-0.2, -0.15) is 0 Å². The van der Waals surface area contributed by atoms with E-state index in [1.54, 1.807) is 13.0 Å². The zero-order valence-electron chi connectivity index (χ0n) is 9.03. The highest BCUT2D eigenvalue weighted by Gasteiger charge is 2.25. The molecule has 88 valence electrons. The van der Waals surface area contributed by atoms with Crippen LogP contribution in [0.3, 0.4) is 0 Å². The number of furan rings is 1. The van der Waals surface area contributed by atoms with E-state index in [1.165, 1.54) is 12.3 Å². The second-order valence-electron chi connectivity index (χ2n) is 3.31. The van der Waals surface area contributed by atoms with Crippen LogP contribution in [0.1, 0.15) is 17.3 Å². The number of hydrogen-bond donors (Lipinski definition) is 0. The first-order chi connectivity index (χ1) is 8.15. The summed E-state index contributed by atoms with van der Waals surface area (Å²) in [6, 6.07) is 4.16. The van der Waals surface area contributed by atoms with Crippen molar-refractivity contribution in [2.24, 2.45) is 0 Å². The average molecular weight is 236 g/mol. The van der Waals surface area contributed by atoms with Crippen LogP contribution in [0.15, 0.2) is 28.9 Å². The SMILES string of the molecule is CCOC(=O)C(=O)c1c(F)ccc2ccoc12. The van der Waals surface area contributed by atoms with E-state index in [-0.39, 0.29) is 17.8 Å². The third kappa shape index (κ3) is 1.91. The second-order valence-corrected chi connectivity index (χ2v) is 3.31. The molecule has 0 spiro atoms. The highest BCUT2D eigenvalue weighted by Crippen LogP contribution is 2.23. The van der Waals surface area contributed by atoms with Crippen molar-refractivity contribution in [1.82, 2.24) is 0 Å². The molecule has 0 radical (unpaired) electrons. The largest absolute Gasteiger partial charge is 0.463 e. The molecule has 4 nitrogen and oxygen atoms in total. The van der Waals surface area contributed by atoms with Crippen molar-refractivity contribution in [3.8, 4) is 0 Å². The molecule has 0 aliphatic carbocycles. The molecule has 2 rings (SSSR count). The molecule has 0 aliphatic rings. The lowest BCUT2D eigenvalue weighted by Gasteiger charge is -2.03. The van der Waals surface area contributed by atoms with Gasteiger partial charge in [0.05, 0.1) is 12.9 Å². The van der Waals surface area contributed by atoms with Crippen LogP contribution in [0.25, 0.3) is 11.0 Å². The Balaban J connectivity index is 2.53. The van der Waals surface area contributed by atoms with E-state index in [1.807, 2.05) is 0 Å². The Hall–Kier alpha value is -2.17. The first-order valence-electron chi connectivity index (χ1n) is 5.02. The fourth-order valence-electron chi connectivity index (χ4n) is 1.52. The number of ether oxygens (including phenoxy) is 1. The molecule has 0 bridgehead atoms. The highest BCUT2D eigenvalue weighted by molar-refractivity contribution is 6.42. The molecule has 0 fully saturated rings. The Kier molecular flexibility index (Phi) is 2.91. The number of Topliss-reactive ketones (excluding diaryl/α,β-unsaturated/α-hetero) is 1. The van der Waals surface area contributed by atoms with Gasteiger partial charge in [-0.1, -0.05) is 0 Å². The van der Waals surface area contributed by atoms with Crippen LogP contribution in [0, 0.1) is 5.82 Å². The van der Waals surface area contributed by atoms with Gasteiger partial charge in [-0.05, 0) is 25.1 Å². The van der Waals surface area contributed by atoms with Crippen LogP contribution in [-0.4, -0.2) is 18.4 Å². The fourth-order valence-corrected chi connectivity index (χ4v) is 1.52. The van der Waals surface area contributed by atoms with Crippen LogP contribution in [0.5, 0.6) is 0 Å². The van der Waals surface area contributed by atoms with Crippen molar-refractivity contribution < 1.29 is 23.1 Å². The molecule has 0 unspecified atom stereocenters. The second kappa shape index (κ2) is 4.37. The Bertz CT molecular complexity index is 585. The minimum atomic E-state index is -1.09. The zero-order chi connectivity index (χ0) is 12.4. The topological polar surface area (TPSA) is 56.5 Å². The van der Waals surface area contributed by atoms with Gasteiger partial charge >= 0.3 is 5.97 Å². The maximum atomic E-state index is 13.6. The molecular formula is C12H9FO4. The summed E-state index contributed by atoms with van der Waals surface area (Å²) in [4.78, 5) is 23.0. The summed E-state index contributed by atoms with van der Waals surface area (Å²) < 4.78 is 23.1. The smallest absolute Gasteiger partial charge is 0.379 e. The monoisotopic (exact) mass is 236 g/mol. The van der Waals surface area contributed by atoms with Gasteiger partial charge in [-0.25, -0.2) is 9.18 Å². The Morgan fingerprint density at radius 2 is 2.12 bits per heavy atom. The summed E-state index contributed by atoms with van der Waals surface area (Å²) in [6.07, 6.45) is 1.33. The number of fused-ring (bicyclic) bond motifs is 1. The van der Waals surface area contributed by atoms with Crippen molar-refractivity contribution in [3.63, 3.8) is 0 Å². The minimum absolute atomic E-state index is 0.0559. The van der Waals surface area contributed by atoms with Crippen molar-refractivity contribution >= 4 is 22.7 Å². The van der Waals surface area contributed by atoms with Crippen LogP contribution in [0.2, 0.25) is 0 Å². The molecule has 0 amide bonds. The lowest BCUT2D eigenvalue weighted by Crippen LogP contribution is -2.19. The lowest BCUT2D eigenvalue weighted by atomic mass is 10.1. The summed E-state index contributed by atoms with van der Waals surface area (Å²) in [5, 5.41) is 0.555. The first-order valence-corrected chi connectivity index (χ1v) is 5.02. The van der Waals surface area contributed by atoms with E-state index < -0.39 is 17.6 Å². The normalized spacial score (nSPS) is 10.5. The van der Waals surface area contributed by atoms with Gasteiger partial charge in [0.1, 0.15) is 17.0 Å². The molecular weight excluding hydrogens is 227 g/mol. The molecule has 5 heteroatoms. The van der Waals surface area contributed by atoms with Gasteiger partial charge in [-0.3, -0.25) is 4.79 Å². The van der Waals surface area contributed by atoms with E-state index in [0.29, 0.717) is 5.39 Å². The summed E-state index contributed by atoms with van der Waals surface area (Å²) in [5.41, 5.74) is -0.325. The number of ketones is 1. The molecule has 1 aromatic heterocycles. The lowest BCUT2D eigenvalue weighted by molar-refractivity contribution is -0.137. The van der Waals surface area contributed by atoms with Crippen molar-refractivity contribution in [3.05, 3.63) is 35.8 Å². The van der Waals surface area contributed by atoms with Gasteiger partial charge in [0.2, 0.25) is 0 Å². The van der Waals surface area contributed by atoms with Crippen molar-refractivity contribution in [1.29, 1.82) is 0 Å². The molecule has 17 heavy (non-hydrogen) atoms. The molecule has 0 aliphatic heterocycles. The van der Waals surface area contributed by atoms with E-state index in [0.717, 1.165) is 6.07 Å². The number of rotatable bonds is 3. The average Bonchev–Trinajstić information content (AvgIpc) is 2.76. The number of benzene rings is 1. The van der Waals surface area contributed by atoms with Gasteiger partial charge in [0.15, 0.2) is 0 Å². The van der Waals surface area contributed by atoms with Crippen LogP contribution < -0.4 is 0 Å². The number of carbonyl (C=O) groups is 2. The first kappa shape index (κ1) is 11.3. The predicted octanol–water partition coefficient (Wildman–Crippen LogP) is 2.32. The molecule has 1 aromatic carbocycles. The number of carbonyl (C=O) groups excluding carboxylic acids is 2. The maximum absolute atomic E-state index is 13.6. The summed E-state index contributed by atoms with van der Waals surface area (Å²) in [5.74, 6) is -2.93. The molecule has 0 saturated carbocycles. The zero-order valence-corrected chi connectivity index (χ0v) is 9.03. The summed E-state index contributed by atoms with van der Waals surface area (Å²) >= 11 is 0. The van der Waals surface area contributed by atoms with Crippen LogP contribution in [-0.2, 0) is 9.53 Å². The van der Waals surface area contributed by atoms with E-state index >= 15 is 0 Å². The van der Waals surface area contributed by atoms with Crippen LogP contribution >= 0.6 is 0 Å². The molecule has 2 aromatic rings. The Morgan fingerprint density at radius 3 is 2.82 bits per heavy atom. The molecule has 0 saturated heterocycles. The molecule has 0 N–H and O–H groups in total. The predicted molar refractivity (Wildman–Crippen MR) is 57.1 cm³/mol. The van der Waals surface area contributed by atoms with E-state index in [4.69, 9.17) is 4.42 Å². The fraction of sp³-hybridized carbons (Fsp3) is 0.167. The number of halogens is 1. The highest BCUT2D eigenvalue weighted by atomic mass is 19.1. The Morgan fingerprint density at radius 1 is 1.35 bits per heavy atom. The van der Waals surface area contributed by atoms with Crippen molar-refractivity contribution in [2.45, 2.75) is 6.92 Å². The Labute approximate surface area is 96.0 Å². The van der Waals surface area contributed by atoms with Gasteiger partial charge < -0.3 is 9.15 Å². The third-order valence-corrected chi connectivity index (χ3v) is 2.26. The maximum Gasteiger partial charge on any atom is 0.379 e. The van der Waals surface area contributed by atoms with Crippen molar-refractivity contribution in [2.75, 3.05) is 6.61 Å². The standard InChI is InChI=1S/C12H9FO4/c1-2-16-12(15)10(14)9-8(13)4-3-7-5-6-17-11(7)9/h3-6H,2H2,1H3. The quantitative estimate of drug-likeness (QED) is 0.466. The number of esters is 1. The third-order valence-electron chi connectivity index (χ3n) is 2.26. The van der Waals surface area contributed by atoms with Gasteiger partial charge in [-0.15, -0.1) is 0 Å². The van der Waals surface area contributed by atoms with E-state index in [2.05, 4.69) is 4.74 Å². The number of hydrogen-bond acceptors (Lipinski definition) is 4. The van der Waals surface area contributed by atoms with Gasteiger partial charge in [0.25, 0.3) is 5.78 Å². The molecule has 1 heterocycles. The molecule has 0 atom stereocenters. The van der Waals surface area contributed by atoms with Gasteiger partial charge in [0, 0.05) is 5.39 Å². The summed E-state index contributed by atoms with van der Waals surface area (Å²) in [6.45, 7) is 1.62. The minimum Gasteiger partial charge on any atom is -0.463 e. The van der Waals surface area contributed by atoms with E-state index in [9.17, 15) is 14.0 Å².